The van der Waals surface area contributed by atoms with E-state index in [-0.39, 0.29) is 11.6 Å². The zero-order valence-electron chi connectivity index (χ0n) is 16.1. The average molecular weight is 412 g/mol. The molecule has 4 aromatic rings. The summed E-state index contributed by atoms with van der Waals surface area (Å²) >= 11 is 0. The van der Waals surface area contributed by atoms with E-state index in [1.54, 1.807) is 53.4 Å². The van der Waals surface area contributed by atoms with Gasteiger partial charge >= 0.3 is 0 Å². The van der Waals surface area contributed by atoms with Crippen LogP contribution in [0.25, 0.3) is 5.69 Å². The van der Waals surface area contributed by atoms with Crippen LogP contribution in [0.3, 0.4) is 0 Å². The fourth-order valence-corrected chi connectivity index (χ4v) is 2.80. The summed E-state index contributed by atoms with van der Waals surface area (Å²) in [7, 11) is 0. The van der Waals surface area contributed by atoms with Gasteiger partial charge in [-0.3, -0.25) is 24.8 Å². The maximum absolute atomic E-state index is 12.4. The maximum Gasteiger partial charge on any atom is 0.269 e. The van der Waals surface area contributed by atoms with Gasteiger partial charge < -0.3 is 0 Å². The van der Waals surface area contributed by atoms with Gasteiger partial charge in [0.25, 0.3) is 11.6 Å². The van der Waals surface area contributed by atoms with Crippen LogP contribution in [0, 0.1) is 10.1 Å². The molecule has 0 fully saturated rings. The van der Waals surface area contributed by atoms with Crippen molar-refractivity contribution in [1.82, 2.24) is 9.55 Å². The Morgan fingerprint density at radius 2 is 1.52 bits per heavy atom. The topological polar surface area (TPSA) is 115 Å². The lowest BCUT2D eigenvalue weighted by atomic mass is 10.2. The Balaban J connectivity index is 1.47. The molecule has 9 nitrogen and oxygen atoms in total. The molecule has 3 aromatic carbocycles. The van der Waals surface area contributed by atoms with E-state index in [4.69, 9.17) is 0 Å². The normalized spacial score (nSPS) is 10.8. The van der Waals surface area contributed by atoms with E-state index < -0.39 is 4.92 Å². The van der Waals surface area contributed by atoms with Crippen LogP contribution >= 0.6 is 0 Å². The van der Waals surface area contributed by atoms with Crippen molar-refractivity contribution in [3.05, 3.63) is 107 Å². The lowest BCUT2D eigenvalue weighted by Crippen LogP contribution is -2.15. The molecule has 1 N–H and O–H groups in total. The van der Waals surface area contributed by atoms with Crippen molar-refractivity contribution in [3.63, 3.8) is 0 Å². The molecule has 9 heteroatoms. The monoisotopic (exact) mass is 412 g/mol. The molecular formula is C22H16N6O3. The van der Waals surface area contributed by atoms with Crippen LogP contribution < -0.4 is 5.32 Å². The van der Waals surface area contributed by atoms with Gasteiger partial charge in [-0.2, -0.15) is 10.2 Å². The predicted octanol–water partition coefficient (Wildman–Crippen LogP) is 5.45. The number of nitrogens with zero attached hydrogens (tertiary/aromatic N) is 5. The highest BCUT2D eigenvalue weighted by Gasteiger charge is 2.11. The number of nitrogens with one attached hydrogen (secondary N) is 1. The number of anilines is 1. The summed E-state index contributed by atoms with van der Waals surface area (Å²) in [6.45, 7) is 0. The van der Waals surface area contributed by atoms with Gasteiger partial charge in [0.05, 0.1) is 16.3 Å². The third-order valence-electron chi connectivity index (χ3n) is 4.37. The number of hydrogen-bond donors (Lipinski definition) is 1. The molecule has 4 rings (SSSR count). The minimum atomic E-state index is -0.466. The summed E-state index contributed by atoms with van der Waals surface area (Å²) in [6, 6.07) is 21.9. The van der Waals surface area contributed by atoms with E-state index in [0.717, 1.165) is 5.69 Å². The van der Waals surface area contributed by atoms with Crippen LogP contribution in [0.4, 0.5) is 23.0 Å². The van der Waals surface area contributed by atoms with Gasteiger partial charge in [0.1, 0.15) is 0 Å². The molecule has 0 spiro atoms. The van der Waals surface area contributed by atoms with E-state index in [0.29, 0.717) is 22.9 Å². The summed E-state index contributed by atoms with van der Waals surface area (Å²) in [5.41, 5.74) is 2.44. The molecule has 1 heterocycles. The van der Waals surface area contributed by atoms with Crippen molar-refractivity contribution in [2.45, 2.75) is 0 Å². The standard InChI is InChI=1S/C22H16N6O3/c29-21(16-4-2-1-3-5-16)24-22-23-14-15-27(22)19-10-6-17(7-11-19)25-26-18-8-12-20(13-9-18)28(30)31/h1-15H,(H,23,24,29). The van der Waals surface area contributed by atoms with Crippen LogP contribution in [0.5, 0.6) is 0 Å². The Kier molecular flexibility index (Phi) is 5.57. The van der Waals surface area contributed by atoms with Gasteiger partial charge in [-0.15, -0.1) is 0 Å². The third-order valence-corrected chi connectivity index (χ3v) is 4.37. The van der Waals surface area contributed by atoms with E-state index in [9.17, 15) is 14.9 Å². The molecule has 0 saturated carbocycles. The number of benzene rings is 3. The first-order chi connectivity index (χ1) is 15.1. The number of carbonyl (C=O) groups is 1. The minimum absolute atomic E-state index is 0.00112. The van der Waals surface area contributed by atoms with Crippen molar-refractivity contribution < 1.29 is 9.72 Å². The number of azo groups is 1. The number of non-ortho nitro benzene ring substituents is 1. The van der Waals surface area contributed by atoms with Crippen molar-refractivity contribution in [3.8, 4) is 5.69 Å². The Morgan fingerprint density at radius 3 is 2.13 bits per heavy atom. The van der Waals surface area contributed by atoms with Crippen LogP contribution in [-0.4, -0.2) is 20.4 Å². The fourth-order valence-electron chi connectivity index (χ4n) is 2.80. The number of rotatable bonds is 6. The number of amides is 1. The summed E-state index contributed by atoms with van der Waals surface area (Å²) in [4.78, 5) is 26.8. The van der Waals surface area contributed by atoms with Gasteiger partial charge in [-0.05, 0) is 48.5 Å². The second-order valence-electron chi connectivity index (χ2n) is 6.43. The molecule has 0 radical (unpaired) electrons. The van der Waals surface area contributed by atoms with E-state index in [2.05, 4.69) is 20.5 Å². The first kappa shape index (κ1) is 19.6. The molecule has 0 bridgehead atoms. The van der Waals surface area contributed by atoms with E-state index in [1.807, 2.05) is 18.2 Å². The van der Waals surface area contributed by atoms with Crippen molar-refractivity contribution in [1.29, 1.82) is 0 Å². The number of nitro benzene ring substituents is 1. The molecule has 152 valence electrons. The van der Waals surface area contributed by atoms with Crippen molar-refractivity contribution >= 4 is 28.9 Å². The summed E-state index contributed by atoms with van der Waals surface area (Å²) in [5, 5.41) is 21.7. The average Bonchev–Trinajstić information content (AvgIpc) is 3.27. The molecular weight excluding hydrogens is 396 g/mol. The van der Waals surface area contributed by atoms with E-state index >= 15 is 0 Å². The van der Waals surface area contributed by atoms with Gasteiger partial charge in [-0.1, -0.05) is 18.2 Å². The van der Waals surface area contributed by atoms with Crippen LogP contribution in [-0.2, 0) is 0 Å². The quantitative estimate of drug-likeness (QED) is 0.258. The van der Waals surface area contributed by atoms with Gasteiger partial charge in [-0.25, -0.2) is 4.98 Å². The molecule has 1 amide bonds. The molecule has 0 saturated heterocycles. The zero-order chi connectivity index (χ0) is 21.6. The molecule has 0 aliphatic rings. The first-order valence-corrected chi connectivity index (χ1v) is 9.26. The highest BCUT2D eigenvalue weighted by atomic mass is 16.6. The largest absolute Gasteiger partial charge is 0.292 e. The van der Waals surface area contributed by atoms with Crippen molar-refractivity contribution in [2.24, 2.45) is 10.2 Å². The number of aromatic nitrogens is 2. The van der Waals surface area contributed by atoms with Crippen LogP contribution in [0.1, 0.15) is 10.4 Å². The molecule has 31 heavy (non-hydrogen) atoms. The molecule has 0 atom stereocenters. The zero-order valence-corrected chi connectivity index (χ0v) is 16.1. The van der Waals surface area contributed by atoms with Gasteiger partial charge in [0, 0.05) is 35.8 Å². The van der Waals surface area contributed by atoms with Gasteiger partial charge in [0.2, 0.25) is 5.95 Å². The number of imidazole rings is 1. The molecule has 0 aliphatic heterocycles. The number of hydrogen-bond acceptors (Lipinski definition) is 6. The van der Waals surface area contributed by atoms with E-state index in [1.165, 1.54) is 24.3 Å². The second kappa shape index (κ2) is 8.78. The third kappa shape index (κ3) is 4.67. The lowest BCUT2D eigenvalue weighted by molar-refractivity contribution is -0.384. The Morgan fingerprint density at radius 1 is 0.903 bits per heavy atom. The highest BCUT2D eigenvalue weighted by molar-refractivity contribution is 6.03. The smallest absolute Gasteiger partial charge is 0.269 e. The maximum atomic E-state index is 12.4. The number of carbonyl (C=O) groups excluding carboxylic acids is 1. The van der Waals surface area contributed by atoms with Crippen LogP contribution in [0.15, 0.2) is 101 Å². The molecule has 0 aliphatic carbocycles. The Bertz CT molecular complexity index is 1230. The Labute approximate surface area is 176 Å². The second-order valence-corrected chi connectivity index (χ2v) is 6.43. The predicted molar refractivity (Wildman–Crippen MR) is 115 cm³/mol. The highest BCUT2D eigenvalue weighted by Crippen LogP contribution is 2.23. The van der Waals surface area contributed by atoms with Crippen molar-refractivity contribution in [2.75, 3.05) is 5.32 Å². The SMILES string of the molecule is O=C(Nc1nccn1-c1ccc(N=Nc2ccc([N+](=O)[O-])cc2)cc1)c1ccccc1. The minimum Gasteiger partial charge on any atom is -0.292 e. The fraction of sp³-hybridized carbons (Fsp3) is 0. The van der Waals surface area contributed by atoms with Crippen LogP contribution in [0.2, 0.25) is 0 Å². The summed E-state index contributed by atoms with van der Waals surface area (Å²) in [6.07, 6.45) is 3.34. The molecule has 1 aromatic heterocycles. The van der Waals surface area contributed by atoms with Gasteiger partial charge in [0.15, 0.2) is 0 Å². The Hall–Kier alpha value is -4.66. The summed E-state index contributed by atoms with van der Waals surface area (Å²) < 4.78 is 1.75. The lowest BCUT2D eigenvalue weighted by Gasteiger charge is -2.09. The first-order valence-electron chi connectivity index (χ1n) is 9.26. The molecule has 0 unspecified atom stereocenters. The summed E-state index contributed by atoms with van der Waals surface area (Å²) in [5.74, 6) is 0.149. The number of nitro groups is 1.